The molecule has 4 N–H and O–H groups in total. The summed E-state index contributed by atoms with van der Waals surface area (Å²) in [4.78, 5) is 65.9. The molecule has 0 spiro atoms. The molecule has 10 nitrogen and oxygen atoms in total. The zero-order chi connectivity index (χ0) is 33.2. The predicted molar refractivity (Wildman–Crippen MR) is 171 cm³/mol. The average molecular weight is 651 g/mol. The van der Waals surface area contributed by atoms with Crippen LogP contribution in [-0.4, -0.2) is 53.2 Å². The quantitative estimate of drug-likeness (QED) is 0.173. The van der Waals surface area contributed by atoms with Crippen molar-refractivity contribution in [3.63, 3.8) is 0 Å². The van der Waals surface area contributed by atoms with Crippen molar-refractivity contribution in [2.45, 2.75) is 64.1 Å². The van der Waals surface area contributed by atoms with Gasteiger partial charge in [-0.15, -0.1) is 0 Å². The van der Waals surface area contributed by atoms with Crippen molar-refractivity contribution in [2.24, 2.45) is 5.73 Å². The Kier molecular flexibility index (Phi) is 11.9. The SMILES string of the molecule is Cc1cc(NC(=O)C(CCCCOC(N)=O)NC(=O)C2Cc3ccccc3CN2C(=O)CCC(=O)c2ccc(F)cc2)ccc1Cl. The number of unbranched alkanes of at least 4 members (excludes halogenated alkanes) is 1. The number of ketones is 1. The fourth-order valence-corrected chi connectivity index (χ4v) is 5.39. The van der Waals surface area contributed by atoms with Gasteiger partial charge in [-0.1, -0.05) is 35.9 Å². The van der Waals surface area contributed by atoms with Crippen molar-refractivity contribution in [3.05, 3.63) is 99.8 Å². The van der Waals surface area contributed by atoms with Crippen LogP contribution >= 0.6 is 11.6 Å². The number of Topliss-reactive ketones (excluding diaryl/α,β-unsaturated/α-hetero) is 1. The minimum absolute atomic E-state index is 0.0618. The number of aryl methyl sites for hydroxylation is 1. The second-order valence-electron chi connectivity index (χ2n) is 11.1. The molecule has 4 amide bonds. The Labute approximate surface area is 271 Å². The molecule has 2 unspecified atom stereocenters. The summed E-state index contributed by atoms with van der Waals surface area (Å²) in [5.41, 5.74) is 8.36. The van der Waals surface area contributed by atoms with Gasteiger partial charge in [0.05, 0.1) is 6.61 Å². The van der Waals surface area contributed by atoms with Crippen LogP contribution in [0.25, 0.3) is 0 Å². The first-order valence-electron chi connectivity index (χ1n) is 15.0. The van der Waals surface area contributed by atoms with Crippen molar-refractivity contribution in [1.29, 1.82) is 0 Å². The third kappa shape index (κ3) is 9.37. The molecular formula is C34H36ClFN4O6. The van der Waals surface area contributed by atoms with Crippen LogP contribution in [-0.2, 0) is 32.1 Å². The Bertz CT molecular complexity index is 1600. The fourth-order valence-electron chi connectivity index (χ4n) is 5.28. The molecule has 0 aromatic heterocycles. The Morgan fingerprint density at radius 1 is 1.00 bits per heavy atom. The van der Waals surface area contributed by atoms with Gasteiger partial charge in [-0.3, -0.25) is 19.2 Å². The summed E-state index contributed by atoms with van der Waals surface area (Å²) >= 11 is 6.13. The number of amides is 4. The Morgan fingerprint density at radius 3 is 2.41 bits per heavy atom. The molecule has 0 saturated carbocycles. The van der Waals surface area contributed by atoms with Crippen LogP contribution in [0.4, 0.5) is 14.9 Å². The number of anilines is 1. The van der Waals surface area contributed by atoms with Gasteiger partial charge in [0.15, 0.2) is 5.78 Å². The highest BCUT2D eigenvalue weighted by Gasteiger charge is 2.36. The number of benzene rings is 3. The van der Waals surface area contributed by atoms with Crippen molar-refractivity contribution >= 4 is 46.9 Å². The second-order valence-corrected chi connectivity index (χ2v) is 11.5. The van der Waals surface area contributed by atoms with Crippen LogP contribution < -0.4 is 16.4 Å². The lowest BCUT2D eigenvalue weighted by atomic mass is 9.92. The number of halogens is 2. The molecule has 0 radical (unpaired) electrons. The summed E-state index contributed by atoms with van der Waals surface area (Å²) in [6.45, 7) is 2.02. The lowest BCUT2D eigenvalue weighted by Crippen LogP contribution is -2.56. The highest BCUT2D eigenvalue weighted by atomic mass is 35.5. The molecule has 12 heteroatoms. The largest absolute Gasteiger partial charge is 0.450 e. The number of ether oxygens (including phenoxy) is 1. The minimum atomic E-state index is -0.980. The molecule has 1 heterocycles. The number of hydrogen-bond donors (Lipinski definition) is 3. The van der Waals surface area contributed by atoms with Crippen molar-refractivity contribution in [2.75, 3.05) is 11.9 Å². The van der Waals surface area contributed by atoms with Gasteiger partial charge in [-0.2, -0.15) is 0 Å². The van der Waals surface area contributed by atoms with Gasteiger partial charge in [-0.25, -0.2) is 9.18 Å². The first-order valence-corrected chi connectivity index (χ1v) is 15.3. The predicted octanol–water partition coefficient (Wildman–Crippen LogP) is 5.09. The number of hydrogen-bond acceptors (Lipinski definition) is 6. The van der Waals surface area contributed by atoms with Crippen LogP contribution in [0, 0.1) is 12.7 Å². The number of nitrogens with two attached hydrogens (primary N) is 1. The summed E-state index contributed by atoms with van der Waals surface area (Å²) in [6.07, 6.45) is 0.103. The van der Waals surface area contributed by atoms with Gasteiger partial charge in [0.1, 0.15) is 17.9 Å². The number of fused-ring (bicyclic) bond motifs is 1. The number of rotatable bonds is 13. The maximum absolute atomic E-state index is 13.9. The summed E-state index contributed by atoms with van der Waals surface area (Å²) in [6, 6.07) is 15.7. The van der Waals surface area contributed by atoms with Gasteiger partial charge in [0.2, 0.25) is 17.7 Å². The van der Waals surface area contributed by atoms with E-state index in [9.17, 15) is 28.4 Å². The van der Waals surface area contributed by atoms with Crippen LogP contribution in [0.3, 0.4) is 0 Å². The number of nitrogens with one attached hydrogen (secondary N) is 2. The minimum Gasteiger partial charge on any atom is -0.450 e. The first-order chi connectivity index (χ1) is 22.0. The van der Waals surface area contributed by atoms with E-state index >= 15 is 0 Å². The molecule has 3 aromatic rings. The van der Waals surface area contributed by atoms with Crippen molar-refractivity contribution in [3.8, 4) is 0 Å². The normalized spacial score (nSPS) is 14.5. The van der Waals surface area contributed by atoms with E-state index in [2.05, 4.69) is 10.6 Å². The monoisotopic (exact) mass is 650 g/mol. The summed E-state index contributed by atoms with van der Waals surface area (Å²) < 4.78 is 18.1. The van der Waals surface area contributed by atoms with E-state index in [1.54, 1.807) is 25.1 Å². The number of nitrogens with zero attached hydrogens (tertiary/aromatic N) is 1. The van der Waals surface area contributed by atoms with E-state index in [4.69, 9.17) is 22.1 Å². The molecule has 46 heavy (non-hydrogen) atoms. The van der Waals surface area contributed by atoms with E-state index in [-0.39, 0.29) is 44.6 Å². The third-order valence-electron chi connectivity index (χ3n) is 7.79. The molecule has 0 aliphatic carbocycles. The molecule has 0 saturated heterocycles. The van der Waals surface area contributed by atoms with E-state index in [0.29, 0.717) is 29.1 Å². The Morgan fingerprint density at radius 2 is 1.72 bits per heavy atom. The highest BCUT2D eigenvalue weighted by Crippen LogP contribution is 2.25. The van der Waals surface area contributed by atoms with Crippen LogP contribution in [0.15, 0.2) is 66.7 Å². The van der Waals surface area contributed by atoms with Gasteiger partial charge in [-0.05, 0) is 85.3 Å². The van der Waals surface area contributed by atoms with Gasteiger partial charge < -0.3 is 26.0 Å². The van der Waals surface area contributed by atoms with E-state index in [0.717, 1.165) is 16.7 Å². The fraction of sp³-hybridized carbons (Fsp3) is 0.324. The number of carbonyl (C=O) groups excluding carboxylic acids is 5. The smallest absolute Gasteiger partial charge is 0.404 e. The second kappa shape index (κ2) is 16.0. The average Bonchev–Trinajstić information content (AvgIpc) is 3.03. The molecule has 1 aliphatic rings. The zero-order valence-electron chi connectivity index (χ0n) is 25.4. The van der Waals surface area contributed by atoms with Gasteiger partial charge in [0, 0.05) is 42.1 Å². The highest BCUT2D eigenvalue weighted by molar-refractivity contribution is 6.31. The van der Waals surface area contributed by atoms with Crippen LogP contribution in [0.2, 0.25) is 5.02 Å². The summed E-state index contributed by atoms with van der Waals surface area (Å²) in [5.74, 6) is -2.17. The van der Waals surface area contributed by atoms with E-state index in [1.165, 1.54) is 29.2 Å². The molecular weight excluding hydrogens is 615 g/mol. The van der Waals surface area contributed by atoms with E-state index < -0.39 is 41.7 Å². The Hall–Kier alpha value is -4.77. The molecule has 4 rings (SSSR count). The van der Waals surface area contributed by atoms with Gasteiger partial charge in [0.25, 0.3) is 0 Å². The molecule has 2 atom stereocenters. The molecule has 3 aromatic carbocycles. The third-order valence-corrected chi connectivity index (χ3v) is 8.22. The molecule has 0 fully saturated rings. The first kappa shape index (κ1) is 34.1. The Balaban J connectivity index is 1.50. The number of carbonyl (C=O) groups is 5. The topological polar surface area (TPSA) is 148 Å². The summed E-state index contributed by atoms with van der Waals surface area (Å²) in [7, 11) is 0. The van der Waals surface area contributed by atoms with Crippen LogP contribution in [0.1, 0.15) is 59.2 Å². The maximum atomic E-state index is 13.9. The van der Waals surface area contributed by atoms with Crippen molar-refractivity contribution < 1.29 is 33.1 Å². The molecule has 1 aliphatic heterocycles. The van der Waals surface area contributed by atoms with Gasteiger partial charge >= 0.3 is 6.09 Å². The van der Waals surface area contributed by atoms with Crippen molar-refractivity contribution in [1.82, 2.24) is 10.2 Å². The summed E-state index contributed by atoms with van der Waals surface area (Å²) in [5, 5.41) is 6.20. The number of primary amides is 1. The lowest BCUT2D eigenvalue weighted by molar-refractivity contribution is -0.142. The standard InChI is InChI=1S/C34H36ClFN4O6/c1-21-18-26(13-14-27(21)35)38-32(43)28(8-4-5-17-46-34(37)45)39-33(44)29-19-23-6-2-3-7-24(23)20-40(29)31(42)16-15-30(41)22-9-11-25(36)12-10-22/h2-3,6-7,9-14,18,28-29H,4-5,8,15-17,19-20H2,1H3,(H2,37,45)(H,38,43)(H,39,44). The molecule has 0 bridgehead atoms. The molecule has 242 valence electrons. The van der Waals surface area contributed by atoms with E-state index in [1.807, 2.05) is 24.3 Å². The lowest BCUT2D eigenvalue weighted by Gasteiger charge is -2.37. The maximum Gasteiger partial charge on any atom is 0.404 e. The van der Waals surface area contributed by atoms with Crippen LogP contribution in [0.5, 0.6) is 0 Å². The zero-order valence-corrected chi connectivity index (χ0v) is 26.1.